The molecular formula is C12H23N3O. The first-order valence-corrected chi connectivity index (χ1v) is 5.79. The van der Waals surface area contributed by atoms with Crippen molar-refractivity contribution in [2.45, 2.75) is 33.6 Å². The van der Waals surface area contributed by atoms with Gasteiger partial charge in [0.15, 0.2) is 0 Å². The molecule has 0 aromatic heterocycles. The van der Waals surface area contributed by atoms with Gasteiger partial charge >= 0.3 is 0 Å². The Bertz CT molecular complexity index is 255. The maximum Gasteiger partial charge on any atom is 0.233 e. The maximum absolute atomic E-state index is 11.2. The summed E-state index contributed by atoms with van der Waals surface area (Å²) < 4.78 is 0. The molecule has 0 aliphatic heterocycles. The third-order valence-corrected chi connectivity index (χ3v) is 2.67. The summed E-state index contributed by atoms with van der Waals surface area (Å²) in [6.07, 6.45) is 1.82. The van der Waals surface area contributed by atoms with E-state index in [4.69, 9.17) is 5.26 Å². The predicted molar refractivity (Wildman–Crippen MR) is 64.8 cm³/mol. The van der Waals surface area contributed by atoms with Crippen LogP contribution in [-0.4, -0.2) is 37.5 Å². The highest BCUT2D eigenvalue weighted by atomic mass is 16.1. The fraction of sp³-hybridized carbons (Fsp3) is 0.833. The Morgan fingerprint density at radius 2 is 2.12 bits per heavy atom. The minimum absolute atomic E-state index is 0.0430. The van der Waals surface area contributed by atoms with Gasteiger partial charge < -0.3 is 5.32 Å². The van der Waals surface area contributed by atoms with Crippen molar-refractivity contribution in [1.82, 2.24) is 10.2 Å². The van der Waals surface area contributed by atoms with Gasteiger partial charge in [-0.15, -0.1) is 0 Å². The summed E-state index contributed by atoms with van der Waals surface area (Å²) in [6, 6.07) is 2.29. The first kappa shape index (κ1) is 14.9. The van der Waals surface area contributed by atoms with Crippen LogP contribution in [0.3, 0.4) is 0 Å². The van der Waals surface area contributed by atoms with E-state index in [1.165, 1.54) is 0 Å². The highest BCUT2D eigenvalue weighted by Gasteiger charge is 2.16. The van der Waals surface area contributed by atoms with Gasteiger partial charge in [-0.2, -0.15) is 5.26 Å². The van der Waals surface area contributed by atoms with Crippen LogP contribution in [0, 0.1) is 16.7 Å². The Balaban J connectivity index is 3.89. The topological polar surface area (TPSA) is 56.1 Å². The van der Waals surface area contributed by atoms with Crippen LogP contribution in [0.2, 0.25) is 0 Å². The van der Waals surface area contributed by atoms with Crippen molar-refractivity contribution in [3.05, 3.63) is 0 Å². The molecule has 0 fully saturated rings. The number of rotatable bonds is 7. The van der Waals surface area contributed by atoms with Gasteiger partial charge in [0.25, 0.3) is 0 Å². The number of nitrogens with zero attached hydrogens (tertiary/aromatic N) is 2. The second-order valence-electron chi connectivity index (χ2n) is 4.64. The SMILES string of the molecule is CCN(CCCC(C)(C)C#N)CC(=O)NC. The molecule has 0 heterocycles. The number of nitrogens with one attached hydrogen (secondary N) is 1. The van der Waals surface area contributed by atoms with E-state index in [0.717, 1.165) is 25.9 Å². The number of hydrogen-bond donors (Lipinski definition) is 1. The summed E-state index contributed by atoms with van der Waals surface area (Å²) in [5.74, 6) is 0.0430. The zero-order valence-electron chi connectivity index (χ0n) is 10.8. The molecule has 0 atom stereocenters. The summed E-state index contributed by atoms with van der Waals surface area (Å²) in [4.78, 5) is 13.3. The van der Waals surface area contributed by atoms with Crippen molar-refractivity contribution >= 4 is 5.91 Å². The Morgan fingerprint density at radius 1 is 1.50 bits per heavy atom. The molecule has 0 radical (unpaired) electrons. The zero-order chi connectivity index (χ0) is 12.6. The predicted octanol–water partition coefficient (Wildman–Crippen LogP) is 1.38. The molecule has 0 bridgehead atoms. The average molecular weight is 225 g/mol. The third-order valence-electron chi connectivity index (χ3n) is 2.67. The van der Waals surface area contributed by atoms with Gasteiger partial charge in [-0.1, -0.05) is 6.92 Å². The van der Waals surface area contributed by atoms with Crippen LogP contribution in [0.4, 0.5) is 0 Å². The third kappa shape index (κ3) is 6.41. The van der Waals surface area contributed by atoms with E-state index in [-0.39, 0.29) is 11.3 Å². The molecular weight excluding hydrogens is 202 g/mol. The number of likely N-dealkylation sites (N-methyl/N-ethyl adjacent to an activating group) is 2. The normalized spacial score (nSPS) is 11.2. The van der Waals surface area contributed by atoms with Crippen LogP contribution in [0.15, 0.2) is 0 Å². The molecule has 4 heteroatoms. The van der Waals surface area contributed by atoms with E-state index >= 15 is 0 Å². The number of nitriles is 1. The van der Waals surface area contributed by atoms with E-state index in [2.05, 4.69) is 16.3 Å². The summed E-state index contributed by atoms with van der Waals surface area (Å²) >= 11 is 0. The Morgan fingerprint density at radius 3 is 2.56 bits per heavy atom. The summed E-state index contributed by atoms with van der Waals surface area (Å²) in [5, 5.41) is 11.5. The fourth-order valence-electron chi connectivity index (χ4n) is 1.43. The van der Waals surface area contributed by atoms with Crippen molar-refractivity contribution < 1.29 is 4.79 Å². The zero-order valence-corrected chi connectivity index (χ0v) is 10.8. The lowest BCUT2D eigenvalue weighted by Crippen LogP contribution is -2.36. The fourth-order valence-corrected chi connectivity index (χ4v) is 1.43. The second kappa shape index (κ2) is 7.24. The number of carbonyl (C=O) groups is 1. The molecule has 16 heavy (non-hydrogen) atoms. The molecule has 92 valence electrons. The maximum atomic E-state index is 11.2. The van der Waals surface area contributed by atoms with Crippen molar-refractivity contribution in [1.29, 1.82) is 5.26 Å². The van der Waals surface area contributed by atoms with E-state index in [1.54, 1.807) is 7.05 Å². The molecule has 0 saturated heterocycles. The molecule has 0 aromatic rings. The van der Waals surface area contributed by atoms with Crippen molar-refractivity contribution in [2.24, 2.45) is 5.41 Å². The minimum Gasteiger partial charge on any atom is -0.358 e. The van der Waals surface area contributed by atoms with E-state index in [0.29, 0.717) is 6.54 Å². The number of hydrogen-bond acceptors (Lipinski definition) is 3. The molecule has 0 spiro atoms. The smallest absolute Gasteiger partial charge is 0.233 e. The van der Waals surface area contributed by atoms with Crippen LogP contribution >= 0.6 is 0 Å². The summed E-state index contributed by atoms with van der Waals surface area (Å²) in [7, 11) is 1.65. The van der Waals surface area contributed by atoms with Gasteiger partial charge in [0.05, 0.1) is 18.0 Å². The Hall–Kier alpha value is -1.08. The first-order valence-electron chi connectivity index (χ1n) is 5.79. The van der Waals surface area contributed by atoms with Crippen LogP contribution in [0.25, 0.3) is 0 Å². The minimum atomic E-state index is -0.258. The molecule has 0 aromatic carbocycles. The standard InChI is InChI=1S/C12H23N3O/c1-5-15(9-11(16)14-4)8-6-7-12(2,3)10-13/h5-9H2,1-4H3,(H,14,16). The highest BCUT2D eigenvalue weighted by molar-refractivity contribution is 5.77. The lowest BCUT2D eigenvalue weighted by Gasteiger charge is -2.21. The average Bonchev–Trinajstić information content (AvgIpc) is 2.27. The Labute approximate surface area is 98.6 Å². The first-order chi connectivity index (χ1) is 7.45. The van der Waals surface area contributed by atoms with Gasteiger partial charge in [-0.3, -0.25) is 9.69 Å². The second-order valence-corrected chi connectivity index (χ2v) is 4.64. The Kier molecular flexibility index (Phi) is 6.75. The van der Waals surface area contributed by atoms with Gasteiger partial charge in [0, 0.05) is 7.05 Å². The van der Waals surface area contributed by atoms with Crippen molar-refractivity contribution in [3.8, 4) is 6.07 Å². The van der Waals surface area contributed by atoms with Gasteiger partial charge in [-0.05, 0) is 39.8 Å². The molecule has 0 unspecified atom stereocenters. The van der Waals surface area contributed by atoms with E-state index in [1.807, 2.05) is 20.8 Å². The lowest BCUT2D eigenvalue weighted by molar-refractivity contribution is -0.121. The van der Waals surface area contributed by atoms with Gasteiger partial charge in [-0.25, -0.2) is 0 Å². The van der Waals surface area contributed by atoms with E-state index < -0.39 is 0 Å². The van der Waals surface area contributed by atoms with Crippen LogP contribution in [-0.2, 0) is 4.79 Å². The lowest BCUT2D eigenvalue weighted by atomic mass is 9.90. The molecule has 0 saturated carbocycles. The molecule has 0 rings (SSSR count). The molecule has 1 N–H and O–H groups in total. The van der Waals surface area contributed by atoms with Crippen LogP contribution in [0.1, 0.15) is 33.6 Å². The van der Waals surface area contributed by atoms with Crippen LogP contribution in [0.5, 0.6) is 0 Å². The van der Waals surface area contributed by atoms with E-state index in [9.17, 15) is 4.79 Å². The van der Waals surface area contributed by atoms with Gasteiger partial charge in [0.2, 0.25) is 5.91 Å². The number of carbonyl (C=O) groups excluding carboxylic acids is 1. The summed E-state index contributed by atoms with van der Waals surface area (Å²) in [6.45, 7) is 8.11. The number of amides is 1. The van der Waals surface area contributed by atoms with Crippen LogP contribution < -0.4 is 5.32 Å². The van der Waals surface area contributed by atoms with Gasteiger partial charge in [0.1, 0.15) is 0 Å². The largest absolute Gasteiger partial charge is 0.358 e. The monoisotopic (exact) mass is 225 g/mol. The quantitative estimate of drug-likeness (QED) is 0.712. The molecule has 0 aliphatic rings. The molecule has 0 aliphatic carbocycles. The summed E-state index contributed by atoms with van der Waals surface area (Å²) in [5.41, 5.74) is -0.258. The van der Waals surface area contributed by atoms with Crippen molar-refractivity contribution in [3.63, 3.8) is 0 Å². The molecule has 1 amide bonds. The highest BCUT2D eigenvalue weighted by Crippen LogP contribution is 2.20. The molecule has 4 nitrogen and oxygen atoms in total. The van der Waals surface area contributed by atoms with Crippen molar-refractivity contribution in [2.75, 3.05) is 26.7 Å².